The van der Waals surface area contributed by atoms with Crippen molar-refractivity contribution in [3.63, 3.8) is 0 Å². The second kappa shape index (κ2) is 5.87. The summed E-state index contributed by atoms with van der Waals surface area (Å²) in [6.07, 6.45) is -1.10. The SMILES string of the molecule is NC(=O)CC(O)CNC(=O)c1ccccc1. The zero-order valence-electron chi connectivity index (χ0n) is 8.72. The van der Waals surface area contributed by atoms with Crippen LogP contribution in [0.2, 0.25) is 0 Å². The highest BCUT2D eigenvalue weighted by atomic mass is 16.3. The fraction of sp³-hybridized carbons (Fsp3) is 0.273. The molecule has 1 unspecified atom stereocenters. The van der Waals surface area contributed by atoms with Crippen molar-refractivity contribution in [2.24, 2.45) is 5.73 Å². The first-order chi connectivity index (χ1) is 7.59. The Labute approximate surface area is 93.3 Å². The summed E-state index contributed by atoms with van der Waals surface area (Å²) >= 11 is 0. The first kappa shape index (κ1) is 12.2. The van der Waals surface area contributed by atoms with Crippen LogP contribution in [0, 0.1) is 0 Å². The van der Waals surface area contributed by atoms with Gasteiger partial charge in [-0.15, -0.1) is 0 Å². The Balaban J connectivity index is 2.39. The summed E-state index contributed by atoms with van der Waals surface area (Å²) in [4.78, 5) is 22.0. The van der Waals surface area contributed by atoms with E-state index >= 15 is 0 Å². The van der Waals surface area contributed by atoms with E-state index in [2.05, 4.69) is 5.32 Å². The van der Waals surface area contributed by atoms with Gasteiger partial charge in [0.25, 0.3) is 5.91 Å². The van der Waals surface area contributed by atoms with E-state index in [0.717, 1.165) is 0 Å². The molecular formula is C11H14N2O3. The average Bonchev–Trinajstić information content (AvgIpc) is 2.26. The van der Waals surface area contributed by atoms with Gasteiger partial charge in [0.1, 0.15) is 0 Å². The summed E-state index contributed by atoms with van der Waals surface area (Å²) < 4.78 is 0. The Hall–Kier alpha value is -1.88. The molecule has 0 aliphatic carbocycles. The Morgan fingerprint density at radius 1 is 1.31 bits per heavy atom. The minimum atomic E-state index is -0.940. The van der Waals surface area contributed by atoms with Crippen molar-refractivity contribution in [2.45, 2.75) is 12.5 Å². The van der Waals surface area contributed by atoms with Crippen molar-refractivity contribution in [1.82, 2.24) is 5.32 Å². The number of nitrogens with one attached hydrogen (secondary N) is 1. The maximum absolute atomic E-state index is 11.5. The molecule has 0 heterocycles. The van der Waals surface area contributed by atoms with Crippen molar-refractivity contribution >= 4 is 11.8 Å². The number of carbonyl (C=O) groups is 2. The van der Waals surface area contributed by atoms with Crippen LogP contribution in [0.15, 0.2) is 30.3 Å². The van der Waals surface area contributed by atoms with Crippen molar-refractivity contribution in [2.75, 3.05) is 6.54 Å². The number of aliphatic hydroxyl groups excluding tert-OH is 1. The highest BCUT2D eigenvalue weighted by molar-refractivity contribution is 5.94. The molecule has 16 heavy (non-hydrogen) atoms. The summed E-state index contributed by atoms with van der Waals surface area (Å²) in [5, 5.41) is 11.8. The van der Waals surface area contributed by atoms with Gasteiger partial charge in [-0.25, -0.2) is 0 Å². The molecule has 0 aliphatic heterocycles. The topological polar surface area (TPSA) is 92.4 Å². The quantitative estimate of drug-likeness (QED) is 0.636. The molecule has 0 saturated heterocycles. The maximum Gasteiger partial charge on any atom is 0.251 e. The Kier molecular flexibility index (Phi) is 4.47. The molecule has 1 aromatic rings. The van der Waals surface area contributed by atoms with Gasteiger partial charge in [-0.3, -0.25) is 9.59 Å². The average molecular weight is 222 g/mol. The molecule has 0 fully saturated rings. The monoisotopic (exact) mass is 222 g/mol. The molecule has 5 heteroatoms. The van der Waals surface area contributed by atoms with E-state index in [4.69, 9.17) is 5.73 Å². The second-order valence-corrected chi connectivity index (χ2v) is 3.40. The lowest BCUT2D eigenvalue weighted by Gasteiger charge is -2.09. The minimum Gasteiger partial charge on any atom is -0.391 e. The van der Waals surface area contributed by atoms with E-state index in [0.29, 0.717) is 5.56 Å². The van der Waals surface area contributed by atoms with Crippen molar-refractivity contribution < 1.29 is 14.7 Å². The Morgan fingerprint density at radius 3 is 2.50 bits per heavy atom. The van der Waals surface area contributed by atoms with Crippen LogP contribution in [-0.4, -0.2) is 29.6 Å². The van der Waals surface area contributed by atoms with Gasteiger partial charge in [-0.05, 0) is 12.1 Å². The van der Waals surface area contributed by atoms with E-state index in [9.17, 15) is 14.7 Å². The first-order valence-electron chi connectivity index (χ1n) is 4.89. The molecule has 1 rings (SSSR count). The van der Waals surface area contributed by atoms with Crippen LogP contribution < -0.4 is 11.1 Å². The summed E-state index contributed by atoms with van der Waals surface area (Å²) in [7, 11) is 0. The van der Waals surface area contributed by atoms with Crippen LogP contribution in [0.4, 0.5) is 0 Å². The van der Waals surface area contributed by atoms with Crippen molar-refractivity contribution in [3.8, 4) is 0 Å². The van der Waals surface area contributed by atoms with Gasteiger partial charge in [-0.2, -0.15) is 0 Å². The van der Waals surface area contributed by atoms with Crippen LogP contribution in [0.1, 0.15) is 16.8 Å². The predicted molar refractivity (Wildman–Crippen MR) is 58.6 cm³/mol. The van der Waals surface area contributed by atoms with Gasteiger partial charge in [-0.1, -0.05) is 18.2 Å². The summed E-state index contributed by atoms with van der Waals surface area (Å²) in [6.45, 7) is 0.0106. The number of amides is 2. The van der Waals surface area contributed by atoms with Crippen LogP contribution in [-0.2, 0) is 4.79 Å². The van der Waals surface area contributed by atoms with Crippen LogP contribution in [0.3, 0.4) is 0 Å². The number of nitrogens with two attached hydrogens (primary N) is 1. The molecule has 5 nitrogen and oxygen atoms in total. The number of hydrogen-bond acceptors (Lipinski definition) is 3. The van der Waals surface area contributed by atoms with E-state index in [1.165, 1.54) is 0 Å². The van der Waals surface area contributed by atoms with E-state index in [1.54, 1.807) is 30.3 Å². The molecule has 0 aliphatic rings. The highest BCUT2D eigenvalue weighted by Gasteiger charge is 2.10. The second-order valence-electron chi connectivity index (χ2n) is 3.40. The zero-order chi connectivity index (χ0) is 12.0. The summed E-state index contributed by atoms with van der Waals surface area (Å²) in [6, 6.07) is 8.62. The van der Waals surface area contributed by atoms with E-state index in [1.807, 2.05) is 0 Å². The summed E-state index contributed by atoms with van der Waals surface area (Å²) in [5.74, 6) is -0.884. The zero-order valence-corrected chi connectivity index (χ0v) is 8.72. The standard InChI is InChI=1S/C11H14N2O3/c12-10(15)6-9(14)7-13-11(16)8-4-2-1-3-5-8/h1-5,9,14H,6-7H2,(H2,12,15)(H,13,16). The third-order valence-corrected chi connectivity index (χ3v) is 1.97. The number of aliphatic hydroxyl groups is 1. The third kappa shape index (κ3) is 4.10. The van der Waals surface area contributed by atoms with Gasteiger partial charge in [0, 0.05) is 12.1 Å². The smallest absolute Gasteiger partial charge is 0.251 e. The van der Waals surface area contributed by atoms with Crippen molar-refractivity contribution in [3.05, 3.63) is 35.9 Å². The van der Waals surface area contributed by atoms with Crippen LogP contribution in [0.5, 0.6) is 0 Å². The number of carbonyl (C=O) groups excluding carboxylic acids is 2. The molecule has 4 N–H and O–H groups in total. The fourth-order valence-corrected chi connectivity index (χ4v) is 1.21. The molecule has 0 saturated carbocycles. The molecule has 0 radical (unpaired) electrons. The van der Waals surface area contributed by atoms with Gasteiger partial charge in [0.15, 0.2) is 0 Å². The maximum atomic E-state index is 11.5. The molecule has 1 atom stereocenters. The van der Waals surface area contributed by atoms with Crippen LogP contribution >= 0.6 is 0 Å². The molecule has 2 amide bonds. The van der Waals surface area contributed by atoms with Gasteiger partial charge in [0.2, 0.25) is 5.91 Å². The van der Waals surface area contributed by atoms with E-state index < -0.39 is 12.0 Å². The number of rotatable bonds is 5. The predicted octanol–water partition coefficient (Wildman–Crippen LogP) is -0.347. The molecule has 1 aromatic carbocycles. The first-order valence-corrected chi connectivity index (χ1v) is 4.89. The number of benzene rings is 1. The normalized spacial score (nSPS) is 11.8. The van der Waals surface area contributed by atoms with Gasteiger partial charge in [0.05, 0.1) is 12.5 Å². The Bertz CT molecular complexity index is 365. The number of primary amides is 1. The van der Waals surface area contributed by atoms with Gasteiger partial charge >= 0.3 is 0 Å². The fourth-order valence-electron chi connectivity index (χ4n) is 1.21. The number of hydrogen-bond donors (Lipinski definition) is 3. The lowest BCUT2D eigenvalue weighted by molar-refractivity contribution is -0.119. The molecule has 0 aromatic heterocycles. The van der Waals surface area contributed by atoms with E-state index in [-0.39, 0.29) is 18.9 Å². The van der Waals surface area contributed by atoms with Crippen LogP contribution in [0.25, 0.3) is 0 Å². The lowest BCUT2D eigenvalue weighted by Crippen LogP contribution is -2.34. The molecule has 0 bridgehead atoms. The van der Waals surface area contributed by atoms with Crippen molar-refractivity contribution in [1.29, 1.82) is 0 Å². The molecule has 0 spiro atoms. The summed E-state index contributed by atoms with van der Waals surface area (Å²) in [5.41, 5.74) is 5.41. The largest absolute Gasteiger partial charge is 0.391 e. The lowest BCUT2D eigenvalue weighted by atomic mass is 10.2. The highest BCUT2D eigenvalue weighted by Crippen LogP contribution is 1.98. The molecular weight excluding hydrogens is 208 g/mol. The Morgan fingerprint density at radius 2 is 1.94 bits per heavy atom. The molecule has 86 valence electrons. The third-order valence-electron chi connectivity index (χ3n) is 1.97. The van der Waals surface area contributed by atoms with Gasteiger partial charge < -0.3 is 16.2 Å². The minimum absolute atomic E-state index is 0.0106.